The Morgan fingerprint density at radius 1 is 1.05 bits per heavy atom. The van der Waals surface area contributed by atoms with Crippen LogP contribution >= 0.6 is 0 Å². The Morgan fingerprint density at radius 3 is 1.33 bits per heavy atom. The zero-order chi connectivity index (χ0) is 16.2. The molecule has 0 bridgehead atoms. The van der Waals surface area contributed by atoms with Crippen LogP contribution in [0.2, 0.25) is 0 Å². The largest absolute Gasteiger partial charge is 1.00 e. The minimum absolute atomic E-state index is 0. The van der Waals surface area contributed by atoms with E-state index in [1.807, 2.05) is 0 Å². The maximum absolute atomic E-state index is 11.2. The summed E-state index contributed by atoms with van der Waals surface area (Å²) in [5.74, 6) is -5.63. The SMILES string of the molecule is COC(=O)CC(F)(F)F.O=C([O-])C(=O)[O-].OB(O)O.[Li+].[Li+]. The molecule has 112 valence electrons. The van der Waals surface area contributed by atoms with Gasteiger partial charge in [-0.3, -0.25) is 4.79 Å². The molecule has 0 amide bonds. The number of carboxylic acid groups (broad SMARTS) is 2. The number of hydrogen-bond donors (Lipinski definition) is 3. The Kier molecular flexibility index (Phi) is 26.8. The van der Waals surface area contributed by atoms with Gasteiger partial charge in [-0.1, -0.05) is 0 Å². The minimum Gasteiger partial charge on any atom is -0.543 e. The Labute approximate surface area is 140 Å². The first kappa shape index (κ1) is 32.3. The van der Waals surface area contributed by atoms with Crippen molar-refractivity contribution in [3.05, 3.63) is 0 Å². The first-order valence-corrected chi connectivity index (χ1v) is 3.93. The third-order valence-electron chi connectivity index (χ3n) is 0.739. The summed E-state index contributed by atoms with van der Waals surface area (Å²) < 4.78 is 37.3. The summed E-state index contributed by atoms with van der Waals surface area (Å²) in [6.45, 7) is 0. The van der Waals surface area contributed by atoms with Gasteiger partial charge in [-0.15, -0.1) is 0 Å². The summed E-state index contributed by atoms with van der Waals surface area (Å²) in [6, 6.07) is 0. The van der Waals surface area contributed by atoms with Crippen molar-refractivity contribution in [1.82, 2.24) is 0 Å². The molecule has 0 unspecified atom stereocenters. The van der Waals surface area contributed by atoms with E-state index in [-0.39, 0.29) is 37.7 Å². The smallest absolute Gasteiger partial charge is 0.543 e. The summed E-state index contributed by atoms with van der Waals surface area (Å²) in [4.78, 5) is 27.7. The monoisotopic (exact) mass is 306 g/mol. The van der Waals surface area contributed by atoms with Crippen molar-refractivity contribution in [2.24, 2.45) is 0 Å². The fraction of sp³-hybridized carbons (Fsp3) is 0.500. The molecule has 0 atom stereocenters. The Hall–Kier alpha value is -0.660. The van der Waals surface area contributed by atoms with Gasteiger partial charge in [0.2, 0.25) is 0 Å². The van der Waals surface area contributed by atoms with Crippen molar-refractivity contribution >= 4 is 25.2 Å². The van der Waals surface area contributed by atoms with Gasteiger partial charge in [0.05, 0.1) is 19.0 Å². The number of halogens is 3. The van der Waals surface area contributed by atoms with Crippen molar-refractivity contribution in [2.45, 2.75) is 12.6 Å². The van der Waals surface area contributed by atoms with E-state index >= 15 is 0 Å². The average Bonchev–Trinajstić information content (AvgIpc) is 2.14. The van der Waals surface area contributed by atoms with Gasteiger partial charge in [-0.2, -0.15) is 13.2 Å². The quantitative estimate of drug-likeness (QED) is 0.242. The molecule has 0 aliphatic rings. The minimum atomic E-state index is -4.45. The van der Waals surface area contributed by atoms with E-state index in [9.17, 15) is 18.0 Å². The van der Waals surface area contributed by atoms with Crippen LogP contribution in [0, 0.1) is 0 Å². The van der Waals surface area contributed by atoms with Crippen molar-refractivity contribution in [3.63, 3.8) is 0 Å². The molecule has 0 heterocycles. The molecule has 9 nitrogen and oxygen atoms in total. The first-order chi connectivity index (χ1) is 8.33. The van der Waals surface area contributed by atoms with Crippen molar-refractivity contribution in [2.75, 3.05) is 7.11 Å². The van der Waals surface area contributed by atoms with Gasteiger partial charge in [-0.25, -0.2) is 0 Å². The Bertz CT molecular complexity index is 285. The summed E-state index contributed by atoms with van der Waals surface area (Å²) in [6.07, 6.45) is -5.96. The zero-order valence-corrected chi connectivity index (χ0v) is 11.2. The number of carboxylic acids is 2. The van der Waals surface area contributed by atoms with Crippen LogP contribution in [0.15, 0.2) is 0 Å². The van der Waals surface area contributed by atoms with Crippen molar-refractivity contribution < 1.29 is 95.3 Å². The van der Waals surface area contributed by atoms with E-state index in [1.54, 1.807) is 0 Å². The molecular formula is C6H8BF3Li2O9. The number of hydrogen-bond acceptors (Lipinski definition) is 9. The second-order valence-electron chi connectivity index (χ2n) is 2.29. The fourth-order valence-corrected chi connectivity index (χ4v) is 0.236. The van der Waals surface area contributed by atoms with Crippen LogP contribution in [0.25, 0.3) is 0 Å². The second kappa shape index (κ2) is 17.4. The van der Waals surface area contributed by atoms with Crippen LogP contribution in [-0.4, -0.2) is 53.6 Å². The van der Waals surface area contributed by atoms with Crippen LogP contribution < -0.4 is 47.9 Å². The van der Waals surface area contributed by atoms with E-state index < -0.39 is 37.8 Å². The van der Waals surface area contributed by atoms with Crippen LogP contribution in [-0.2, 0) is 19.1 Å². The van der Waals surface area contributed by atoms with Gasteiger partial charge >= 0.3 is 57.2 Å². The number of aliphatic carboxylic acids is 2. The van der Waals surface area contributed by atoms with Gasteiger partial charge in [0.15, 0.2) is 0 Å². The molecule has 3 N–H and O–H groups in total. The number of esters is 1. The van der Waals surface area contributed by atoms with Crippen LogP contribution in [0.5, 0.6) is 0 Å². The standard InChI is InChI=1S/C4H5F3O2.C2H2O4.BH3O3.2Li/c1-9-3(8)2-4(5,6)7;3-1(4)2(5)6;2-1(3)4;;/h2H2,1H3;(H,3,4)(H,5,6);2-4H;;/q;;;2*+1/p-2. The summed E-state index contributed by atoms with van der Waals surface area (Å²) >= 11 is 0. The topological polar surface area (TPSA) is 167 Å². The molecule has 21 heavy (non-hydrogen) atoms. The van der Waals surface area contributed by atoms with E-state index in [4.69, 9.17) is 34.9 Å². The van der Waals surface area contributed by atoms with Crippen molar-refractivity contribution in [3.8, 4) is 0 Å². The normalized spacial score (nSPS) is 8.14. The number of methoxy groups -OCH3 is 1. The maximum Gasteiger partial charge on any atom is 1.00 e. The summed E-state index contributed by atoms with van der Waals surface area (Å²) in [5.41, 5.74) is 0. The van der Waals surface area contributed by atoms with Crippen LogP contribution in [0.3, 0.4) is 0 Å². The van der Waals surface area contributed by atoms with Gasteiger partial charge < -0.3 is 39.6 Å². The first-order valence-electron chi connectivity index (χ1n) is 3.93. The molecule has 0 radical (unpaired) electrons. The van der Waals surface area contributed by atoms with Crippen LogP contribution in [0.4, 0.5) is 13.2 Å². The zero-order valence-electron chi connectivity index (χ0n) is 11.2. The fourth-order valence-electron chi connectivity index (χ4n) is 0.236. The molecule has 0 aromatic rings. The Morgan fingerprint density at radius 2 is 1.29 bits per heavy atom. The molecular weight excluding hydrogens is 298 g/mol. The molecule has 0 saturated heterocycles. The van der Waals surface area contributed by atoms with Gasteiger partial charge in [0.25, 0.3) is 0 Å². The molecule has 0 aromatic heterocycles. The van der Waals surface area contributed by atoms with Gasteiger partial charge in [0, 0.05) is 0 Å². The van der Waals surface area contributed by atoms with E-state index in [1.165, 1.54) is 0 Å². The predicted molar refractivity (Wildman–Crippen MR) is 45.1 cm³/mol. The van der Waals surface area contributed by atoms with Gasteiger partial charge in [-0.05, 0) is 0 Å². The molecule has 0 spiro atoms. The summed E-state index contributed by atoms with van der Waals surface area (Å²) in [5, 5.41) is 39.4. The second-order valence-corrected chi connectivity index (χ2v) is 2.29. The third kappa shape index (κ3) is 54.4. The molecule has 0 aliphatic heterocycles. The van der Waals surface area contributed by atoms with Crippen LogP contribution in [0.1, 0.15) is 6.42 Å². The van der Waals surface area contributed by atoms with E-state index in [2.05, 4.69) is 4.74 Å². The van der Waals surface area contributed by atoms with E-state index in [0.717, 1.165) is 7.11 Å². The van der Waals surface area contributed by atoms with Gasteiger partial charge in [0.1, 0.15) is 6.42 Å². The maximum atomic E-state index is 11.2. The molecule has 0 fully saturated rings. The Balaban J connectivity index is -0.0000000627. The number of carbonyl (C=O) groups excluding carboxylic acids is 3. The number of ether oxygens (including phenoxy) is 1. The molecule has 0 saturated carbocycles. The molecule has 15 heteroatoms. The molecule has 0 aromatic carbocycles. The molecule has 0 rings (SSSR count). The number of rotatable bonds is 1. The average molecular weight is 306 g/mol. The van der Waals surface area contributed by atoms with Crippen molar-refractivity contribution in [1.29, 1.82) is 0 Å². The number of alkyl halides is 3. The number of carbonyl (C=O) groups is 3. The molecule has 0 aliphatic carbocycles. The van der Waals surface area contributed by atoms with E-state index in [0.29, 0.717) is 0 Å². The predicted octanol–water partition coefficient (Wildman–Crippen LogP) is -10.4. The third-order valence-corrected chi connectivity index (χ3v) is 0.739. The summed E-state index contributed by atoms with van der Waals surface area (Å²) in [7, 11) is -1.26.